The van der Waals surface area contributed by atoms with Crippen molar-refractivity contribution in [1.82, 2.24) is 4.90 Å². The molecule has 4 nitrogen and oxygen atoms in total. The molecule has 0 spiro atoms. The van der Waals surface area contributed by atoms with Crippen molar-refractivity contribution in [3.8, 4) is 0 Å². The van der Waals surface area contributed by atoms with E-state index in [2.05, 4.69) is 5.32 Å². The summed E-state index contributed by atoms with van der Waals surface area (Å²) in [4.78, 5) is 27.3. The number of carbonyl (C=O) groups is 2. The molecule has 4 rings (SSSR count). The summed E-state index contributed by atoms with van der Waals surface area (Å²) in [6, 6.07) is 22.2. The van der Waals surface area contributed by atoms with Crippen LogP contribution in [0, 0.1) is 0 Å². The number of para-hydroxylation sites is 1. The third-order valence-corrected chi connectivity index (χ3v) is 4.87. The summed E-state index contributed by atoms with van der Waals surface area (Å²) in [6.45, 7) is -0.266. The third-order valence-electron chi connectivity index (χ3n) is 4.87. The van der Waals surface area contributed by atoms with Gasteiger partial charge in [-0.25, -0.2) is 0 Å². The van der Waals surface area contributed by atoms with E-state index in [9.17, 15) is 22.8 Å². The number of anilines is 1. The van der Waals surface area contributed by atoms with Crippen molar-refractivity contribution in [2.45, 2.75) is 12.7 Å². The Morgan fingerprint density at radius 3 is 2.06 bits per heavy atom. The van der Waals surface area contributed by atoms with Gasteiger partial charge in [0.2, 0.25) is 0 Å². The first-order chi connectivity index (χ1) is 14.8. The third kappa shape index (κ3) is 4.21. The first kappa shape index (κ1) is 20.4. The van der Waals surface area contributed by atoms with Crippen LogP contribution in [0.3, 0.4) is 0 Å². The Morgan fingerprint density at radius 1 is 0.774 bits per heavy atom. The molecule has 1 aliphatic heterocycles. The van der Waals surface area contributed by atoms with Crippen LogP contribution in [0.2, 0.25) is 0 Å². The number of benzene rings is 3. The fourth-order valence-electron chi connectivity index (χ4n) is 3.40. The molecule has 2 amide bonds. The fraction of sp³-hybridized carbons (Fsp3) is 0.0833. The number of halogens is 3. The van der Waals surface area contributed by atoms with Gasteiger partial charge < -0.3 is 5.32 Å². The summed E-state index contributed by atoms with van der Waals surface area (Å²) in [5.41, 5.74) is 0.822. The lowest BCUT2D eigenvalue weighted by Crippen LogP contribution is -2.32. The van der Waals surface area contributed by atoms with Crippen LogP contribution >= 0.6 is 0 Å². The molecule has 3 aromatic rings. The van der Waals surface area contributed by atoms with Crippen molar-refractivity contribution < 1.29 is 22.8 Å². The monoisotopic (exact) mass is 422 g/mol. The van der Waals surface area contributed by atoms with Gasteiger partial charge in [-0.05, 0) is 35.4 Å². The summed E-state index contributed by atoms with van der Waals surface area (Å²) < 4.78 is 39.2. The van der Waals surface area contributed by atoms with Gasteiger partial charge in [-0.3, -0.25) is 14.5 Å². The number of rotatable bonds is 5. The maximum absolute atomic E-state index is 13.2. The number of carbonyl (C=O) groups excluding carboxylic acids is 2. The zero-order valence-electron chi connectivity index (χ0n) is 16.2. The number of nitrogens with zero attached hydrogens (tertiary/aromatic N) is 1. The highest BCUT2D eigenvalue weighted by Crippen LogP contribution is 2.33. The highest BCUT2D eigenvalue weighted by atomic mass is 19.4. The fourth-order valence-corrected chi connectivity index (χ4v) is 3.40. The number of imide groups is 1. The lowest BCUT2D eigenvalue weighted by Gasteiger charge is -2.16. The van der Waals surface area contributed by atoms with Gasteiger partial charge in [0.1, 0.15) is 5.70 Å². The van der Waals surface area contributed by atoms with Crippen LogP contribution < -0.4 is 5.32 Å². The predicted octanol–water partition coefficient (Wildman–Crippen LogP) is 5.10. The Kier molecular flexibility index (Phi) is 5.33. The van der Waals surface area contributed by atoms with Crippen molar-refractivity contribution >= 4 is 23.1 Å². The number of hydrogen-bond acceptors (Lipinski definition) is 3. The summed E-state index contributed by atoms with van der Waals surface area (Å²) in [5, 5.41) is 3.01. The van der Waals surface area contributed by atoms with E-state index in [1.807, 2.05) is 6.07 Å². The molecule has 7 heteroatoms. The summed E-state index contributed by atoms with van der Waals surface area (Å²) >= 11 is 0. The zero-order chi connectivity index (χ0) is 22.0. The van der Waals surface area contributed by atoms with Crippen LogP contribution in [0.15, 0.2) is 90.6 Å². The molecule has 156 valence electrons. The first-order valence-electron chi connectivity index (χ1n) is 9.48. The van der Waals surface area contributed by atoms with Crippen LogP contribution in [-0.4, -0.2) is 16.7 Å². The van der Waals surface area contributed by atoms with Gasteiger partial charge in [0, 0.05) is 5.69 Å². The molecule has 1 aliphatic rings. The molecule has 31 heavy (non-hydrogen) atoms. The highest BCUT2D eigenvalue weighted by molar-refractivity contribution is 6.36. The van der Waals surface area contributed by atoms with Crippen molar-refractivity contribution in [1.29, 1.82) is 0 Å². The number of amides is 2. The van der Waals surface area contributed by atoms with Crippen LogP contribution in [0.25, 0.3) is 5.57 Å². The van der Waals surface area contributed by atoms with E-state index in [-0.39, 0.29) is 23.4 Å². The van der Waals surface area contributed by atoms with E-state index >= 15 is 0 Å². The maximum Gasteiger partial charge on any atom is 0.416 e. The number of hydrogen-bond donors (Lipinski definition) is 1. The normalized spacial score (nSPS) is 14.4. The molecular formula is C24H17F3N2O2. The van der Waals surface area contributed by atoms with Gasteiger partial charge in [0.25, 0.3) is 11.8 Å². The summed E-state index contributed by atoms with van der Waals surface area (Å²) in [7, 11) is 0. The summed E-state index contributed by atoms with van der Waals surface area (Å²) in [6.07, 6.45) is -4.51. The van der Waals surface area contributed by atoms with E-state index in [1.165, 1.54) is 12.1 Å². The van der Waals surface area contributed by atoms with E-state index in [0.29, 0.717) is 11.3 Å². The lowest BCUT2D eigenvalue weighted by atomic mass is 10.0. The average Bonchev–Trinajstić information content (AvgIpc) is 2.99. The van der Waals surface area contributed by atoms with Crippen LogP contribution in [0.5, 0.6) is 0 Å². The molecule has 0 saturated heterocycles. The maximum atomic E-state index is 13.2. The van der Waals surface area contributed by atoms with Crippen molar-refractivity contribution in [2.75, 3.05) is 5.32 Å². The van der Waals surface area contributed by atoms with Crippen molar-refractivity contribution in [2.24, 2.45) is 0 Å². The molecule has 0 aliphatic carbocycles. The second-order valence-corrected chi connectivity index (χ2v) is 7.00. The Balaban J connectivity index is 1.70. The Morgan fingerprint density at radius 2 is 1.42 bits per heavy atom. The van der Waals surface area contributed by atoms with Crippen LogP contribution in [0.1, 0.15) is 16.7 Å². The molecule has 1 N–H and O–H groups in total. The smallest absolute Gasteiger partial charge is 0.350 e. The van der Waals surface area contributed by atoms with E-state index in [4.69, 9.17) is 0 Å². The van der Waals surface area contributed by atoms with Gasteiger partial charge in [0.15, 0.2) is 0 Å². The SMILES string of the molecule is O=C1C(Nc2ccccc2)=C(c2ccccc2)C(=O)N1Cc1cccc(C(F)(F)F)c1. The number of alkyl halides is 3. The molecule has 0 radical (unpaired) electrons. The van der Waals surface area contributed by atoms with Crippen LogP contribution in [0.4, 0.5) is 18.9 Å². The minimum Gasteiger partial charge on any atom is -0.350 e. The molecule has 0 unspecified atom stereocenters. The van der Waals surface area contributed by atoms with Gasteiger partial charge in [0.05, 0.1) is 17.7 Å². The quantitative estimate of drug-likeness (QED) is 0.582. The minimum absolute atomic E-state index is 0.0920. The predicted molar refractivity (Wildman–Crippen MR) is 110 cm³/mol. The minimum atomic E-state index is -4.51. The molecular weight excluding hydrogens is 405 g/mol. The highest BCUT2D eigenvalue weighted by Gasteiger charge is 2.39. The summed E-state index contributed by atoms with van der Waals surface area (Å²) in [5.74, 6) is -1.16. The standard InChI is InChI=1S/C24H17F3N2O2/c25-24(26,27)18-11-7-8-16(14-18)15-29-22(30)20(17-9-3-1-4-10-17)21(23(29)31)28-19-12-5-2-6-13-19/h1-14,28H,15H2. The van der Waals surface area contributed by atoms with Gasteiger partial charge >= 0.3 is 6.18 Å². The van der Waals surface area contributed by atoms with E-state index in [0.717, 1.165) is 17.0 Å². The topological polar surface area (TPSA) is 49.4 Å². The zero-order valence-corrected chi connectivity index (χ0v) is 16.2. The Hall–Kier alpha value is -3.87. The second-order valence-electron chi connectivity index (χ2n) is 7.00. The molecule has 0 atom stereocenters. The van der Waals surface area contributed by atoms with Crippen molar-refractivity contribution in [3.05, 3.63) is 107 Å². The van der Waals surface area contributed by atoms with Gasteiger partial charge in [-0.1, -0.05) is 60.7 Å². The van der Waals surface area contributed by atoms with E-state index in [1.54, 1.807) is 54.6 Å². The van der Waals surface area contributed by atoms with Gasteiger partial charge in [-0.2, -0.15) is 13.2 Å². The van der Waals surface area contributed by atoms with Crippen molar-refractivity contribution in [3.63, 3.8) is 0 Å². The van der Waals surface area contributed by atoms with E-state index < -0.39 is 23.6 Å². The Labute approximate surface area is 176 Å². The molecule has 0 aromatic heterocycles. The molecule has 0 fully saturated rings. The average molecular weight is 422 g/mol. The Bertz CT molecular complexity index is 1160. The second kappa shape index (κ2) is 8.10. The molecule has 0 saturated carbocycles. The molecule has 3 aromatic carbocycles. The first-order valence-corrected chi connectivity index (χ1v) is 9.48. The largest absolute Gasteiger partial charge is 0.416 e. The molecule has 0 bridgehead atoms. The lowest BCUT2D eigenvalue weighted by molar-refractivity contribution is -0.137. The van der Waals surface area contributed by atoms with Crippen LogP contribution in [-0.2, 0) is 22.3 Å². The molecule has 1 heterocycles. The van der Waals surface area contributed by atoms with Gasteiger partial charge in [-0.15, -0.1) is 0 Å². The number of nitrogens with one attached hydrogen (secondary N) is 1.